The van der Waals surface area contributed by atoms with Gasteiger partial charge in [-0.2, -0.15) is 0 Å². The maximum absolute atomic E-state index is 12.6. The maximum atomic E-state index is 12.6. The summed E-state index contributed by atoms with van der Waals surface area (Å²) < 4.78 is 5.17. The molecule has 1 saturated heterocycles. The van der Waals surface area contributed by atoms with Gasteiger partial charge in [0, 0.05) is 43.0 Å². The van der Waals surface area contributed by atoms with Crippen molar-refractivity contribution in [2.75, 3.05) is 39.0 Å². The van der Waals surface area contributed by atoms with E-state index in [-0.39, 0.29) is 5.91 Å². The molecule has 1 aliphatic rings. The van der Waals surface area contributed by atoms with Crippen molar-refractivity contribution in [3.8, 4) is 5.75 Å². The van der Waals surface area contributed by atoms with Crippen LogP contribution in [0.2, 0.25) is 0 Å². The first-order valence-electron chi connectivity index (χ1n) is 7.03. The molecule has 0 saturated carbocycles. The molecule has 20 heavy (non-hydrogen) atoms. The van der Waals surface area contributed by atoms with Crippen LogP contribution in [0.4, 0.5) is 5.69 Å². The predicted octanol–water partition coefficient (Wildman–Crippen LogP) is 1.44. The number of ether oxygens (including phenoxy) is 1. The average molecular weight is 277 g/mol. The molecule has 2 N–H and O–H groups in total. The molecule has 0 radical (unpaired) electrons. The van der Waals surface area contributed by atoms with Crippen LogP contribution >= 0.6 is 0 Å². The summed E-state index contributed by atoms with van der Waals surface area (Å²) in [5.41, 5.74) is 6.96. The molecule has 1 fully saturated rings. The van der Waals surface area contributed by atoms with Crippen LogP contribution in [0.15, 0.2) is 18.2 Å². The van der Waals surface area contributed by atoms with Crippen molar-refractivity contribution in [3.05, 3.63) is 23.8 Å². The van der Waals surface area contributed by atoms with E-state index in [0.717, 1.165) is 26.2 Å². The van der Waals surface area contributed by atoms with Gasteiger partial charge in [0.25, 0.3) is 5.91 Å². The number of nitrogens with two attached hydrogens (primary N) is 1. The standard InChI is InChI=1S/C15H23N3O2/c1-4-17-5-6-18(10-11(17)2)15(19)12-7-13(16)9-14(8-12)20-3/h7-9,11H,4-6,10,16H2,1-3H3. The van der Waals surface area contributed by atoms with Gasteiger partial charge in [-0.1, -0.05) is 6.92 Å². The van der Waals surface area contributed by atoms with Gasteiger partial charge in [0.1, 0.15) is 5.75 Å². The number of carbonyl (C=O) groups is 1. The highest BCUT2D eigenvalue weighted by molar-refractivity contribution is 5.95. The van der Waals surface area contributed by atoms with Crippen LogP contribution in [0, 0.1) is 0 Å². The van der Waals surface area contributed by atoms with Gasteiger partial charge in [0.15, 0.2) is 0 Å². The zero-order valence-corrected chi connectivity index (χ0v) is 12.4. The van der Waals surface area contributed by atoms with E-state index >= 15 is 0 Å². The molecule has 1 heterocycles. The number of anilines is 1. The molecule has 5 nitrogen and oxygen atoms in total. The van der Waals surface area contributed by atoms with E-state index in [2.05, 4.69) is 18.7 Å². The number of amides is 1. The van der Waals surface area contributed by atoms with Crippen molar-refractivity contribution < 1.29 is 9.53 Å². The molecule has 1 unspecified atom stereocenters. The lowest BCUT2D eigenvalue weighted by Gasteiger charge is -2.39. The van der Waals surface area contributed by atoms with Crippen molar-refractivity contribution in [3.63, 3.8) is 0 Å². The summed E-state index contributed by atoms with van der Waals surface area (Å²) in [6.45, 7) is 7.76. The molecule has 0 bridgehead atoms. The SMILES string of the molecule is CCN1CCN(C(=O)c2cc(N)cc(OC)c2)CC1C. The third-order valence-corrected chi connectivity index (χ3v) is 3.87. The quantitative estimate of drug-likeness (QED) is 0.849. The molecule has 2 rings (SSSR count). The van der Waals surface area contributed by atoms with E-state index in [1.807, 2.05) is 4.90 Å². The Morgan fingerprint density at radius 3 is 2.75 bits per heavy atom. The Morgan fingerprint density at radius 1 is 1.40 bits per heavy atom. The molecule has 1 aromatic carbocycles. The summed E-state index contributed by atoms with van der Waals surface area (Å²) in [6.07, 6.45) is 0. The van der Waals surface area contributed by atoms with Crippen molar-refractivity contribution in [1.29, 1.82) is 0 Å². The first kappa shape index (κ1) is 14.7. The Bertz CT molecular complexity index is 490. The molecular weight excluding hydrogens is 254 g/mol. The van der Waals surface area contributed by atoms with Crippen LogP contribution in [-0.4, -0.2) is 55.0 Å². The number of nitrogens with zero attached hydrogens (tertiary/aromatic N) is 2. The van der Waals surface area contributed by atoms with E-state index < -0.39 is 0 Å². The highest BCUT2D eigenvalue weighted by Gasteiger charge is 2.26. The van der Waals surface area contributed by atoms with Crippen molar-refractivity contribution in [2.45, 2.75) is 19.9 Å². The number of piperazine rings is 1. The van der Waals surface area contributed by atoms with Gasteiger partial charge in [0.05, 0.1) is 7.11 Å². The minimum absolute atomic E-state index is 0.0261. The van der Waals surface area contributed by atoms with Gasteiger partial charge in [0.2, 0.25) is 0 Å². The third-order valence-electron chi connectivity index (χ3n) is 3.87. The van der Waals surface area contributed by atoms with Crippen molar-refractivity contribution in [2.24, 2.45) is 0 Å². The Balaban J connectivity index is 2.14. The second-order valence-corrected chi connectivity index (χ2v) is 5.22. The fourth-order valence-electron chi connectivity index (χ4n) is 2.70. The highest BCUT2D eigenvalue weighted by Crippen LogP contribution is 2.21. The minimum atomic E-state index is 0.0261. The normalized spacial score (nSPS) is 19.9. The zero-order chi connectivity index (χ0) is 14.7. The number of hydrogen-bond acceptors (Lipinski definition) is 4. The van der Waals surface area contributed by atoms with Gasteiger partial charge < -0.3 is 15.4 Å². The van der Waals surface area contributed by atoms with Crippen LogP contribution in [0.25, 0.3) is 0 Å². The van der Waals surface area contributed by atoms with E-state index in [1.54, 1.807) is 25.3 Å². The van der Waals surface area contributed by atoms with Gasteiger partial charge in [-0.25, -0.2) is 0 Å². The number of methoxy groups -OCH3 is 1. The van der Waals surface area contributed by atoms with Gasteiger partial charge in [-0.05, 0) is 25.6 Å². The molecule has 1 aliphatic heterocycles. The van der Waals surface area contributed by atoms with Gasteiger partial charge in [-0.3, -0.25) is 9.69 Å². The first-order chi connectivity index (χ1) is 9.55. The Hall–Kier alpha value is -1.75. The van der Waals surface area contributed by atoms with E-state index in [0.29, 0.717) is 23.0 Å². The largest absolute Gasteiger partial charge is 0.497 e. The number of benzene rings is 1. The van der Waals surface area contributed by atoms with Crippen molar-refractivity contribution in [1.82, 2.24) is 9.80 Å². The molecule has 1 amide bonds. The van der Waals surface area contributed by atoms with E-state index in [9.17, 15) is 4.79 Å². The molecule has 5 heteroatoms. The first-order valence-corrected chi connectivity index (χ1v) is 7.03. The monoisotopic (exact) mass is 277 g/mol. The summed E-state index contributed by atoms with van der Waals surface area (Å²) in [5, 5.41) is 0. The number of carbonyl (C=O) groups excluding carboxylic acids is 1. The number of rotatable bonds is 3. The maximum Gasteiger partial charge on any atom is 0.254 e. The minimum Gasteiger partial charge on any atom is -0.497 e. The van der Waals surface area contributed by atoms with E-state index in [4.69, 9.17) is 10.5 Å². The molecule has 0 aliphatic carbocycles. The molecular formula is C15H23N3O2. The van der Waals surface area contributed by atoms with Gasteiger partial charge >= 0.3 is 0 Å². The molecule has 1 aromatic rings. The van der Waals surface area contributed by atoms with Crippen LogP contribution in [-0.2, 0) is 0 Å². The fraction of sp³-hybridized carbons (Fsp3) is 0.533. The number of likely N-dealkylation sites (N-methyl/N-ethyl adjacent to an activating group) is 1. The van der Waals surface area contributed by atoms with Crippen LogP contribution in [0.1, 0.15) is 24.2 Å². The molecule has 0 aromatic heterocycles. The lowest BCUT2D eigenvalue weighted by Crippen LogP contribution is -2.53. The topological polar surface area (TPSA) is 58.8 Å². The lowest BCUT2D eigenvalue weighted by molar-refractivity contribution is 0.0528. The Morgan fingerprint density at radius 2 is 2.15 bits per heavy atom. The predicted molar refractivity (Wildman–Crippen MR) is 80.0 cm³/mol. The third kappa shape index (κ3) is 3.04. The molecule has 1 atom stereocenters. The Kier molecular flexibility index (Phi) is 4.49. The number of hydrogen-bond donors (Lipinski definition) is 1. The molecule has 110 valence electrons. The Labute approximate surface area is 120 Å². The second kappa shape index (κ2) is 6.13. The summed E-state index contributed by atoms with van der Waals surface area (Å²) in [5.74, 6) is 0.645. The fourth-order valence-corrected chi connectivity index (χ4v) is 2.70. The summed E-state index contributed by atoms with van der Waals surface area (Å²) >= 11 is 0. The summed E-state index contributed by atoms with van der Waals surface area (Å²) in [7, 11) is 1.57. The van der Waals surface area contributed by atoms with Crippen LogP contribution in [0.3, 0.4) is 0 Å². The average Bonchev–Trinajstić information content (AvgIpc) is 2.45. The smallest absolute Gasteiger partial charge is 0.254 e. The summed E-state index contributed by atoms with van der Waals surface area (Å²) in [4.78, 5) is 16.8. The van der Waals surface area contributed by atoms with E-state index in [1.165, 1.54) is 0 Å². The van der Waals surface area contributed by atoms with Crippen LogP contribution in [0.5, 0.6) is 5.75 Å². The zero-order valence-electron chi connectivity index (χ0n) is 12.4. The molecule has 0 spiro atoms. The highest BCUT2D eigenvalue weighted by atomic mass is 16.5. The summed E-state index contributed by atoms with van der Waals surface area (Å²) in [6, 6.07) is 5.56. The second-order valence-electron chi connectivity index (χ2n) is 5.22. The lowest BCUT2D eigenvalue weighted by atomic mass is 10.1. The van der Waals surface area contributed by atoms with Gasteiger partial charge in [-0.15, -0.1) is 0 Å². The van der Waals surface area contributed by atoms with Crippen molar-refractivity contribution >= 4 is 11.6 Å². The van der Waals surface area contributed by atoms with Crippen LogP contribution < -0.4 is 10.5 Å². The number of nitrogen functional groups attached to an aromatic ring is 1.